The zero-order valence-electron chi connectivity index (χ0n) is 13.9. The fourth-order valence-electron chi connectivity index (χ4n) is 2.63. The molecule has 0 radical (unpaired) electrons. The number of morpholine rings is 1. The van der Waals surface area contributed by atoms with Gasteiger partial charge in [-0.25, -0.2) is 13.8 Å². The summed E-state index contributed by atoms with van der Waals surface area (Å²) in [6.45, 7) is 4.28. The van der Waals surface area contributed by atoms with Gasteiger partial charge in [-0.1, -0.05) is 0 Å². The maximum atomic E-state index is 13.7. The Labute approximate surface area is 148 Å². The minimum Gasteiger partial charge on any atom is -0.379 e. The highest BCUT2D eigenvalue weighted by atomic mass is 32.1. The van der Waals surface area contributed by atoms with E-state index in [0.717, 1.165) is 55.7 Å². The van der Waals surface area contributed by atoms with Crippen molar-refractivity contribution in [2.75, 3.05) is 33.4 Å². The lowest BCUT2D eigenvalue weighted by Crippen LogP contribution is -2.35. The number of hydrogen-bond donors (Lipinski definition) is 0. The Morgan fingerprint density at radius 1 is 1.36 bits per heavy atom. The second-order valence-electron chi connectivity index (χ2n) is 5.91. The van der Waals surface area contributed by atoms with Crippen molar-refractivity contribution in [1.29, 1.82) is 0 Å². The molecule has 8 heteroatoms. The van der Waals surface area contributed by atoms with Crippen molar-refractivity contribution in [2.45, 2.75) is 13.1 Å². The van der Waals surface area contributed by atoms with Crippen LogP contribution in [0.2, 0.25) is 0 Å². The first kappa shape index (κ1) is 17.9. The van der Waals surface area contributed by atoms with Crippen molar-refractivity contribution < 1.29 is 18.3 Å². The number of amides is 1. The molecule has 0 bridgehead atoms. The quantitative estimate of drug-likeness (QED) is 0.815. The predicted molar refractivity (Wildman–Crippen MR) is 90.4 cm³/mol. The van der Waals surface area contributed by atoms with Gasteiger partial charge in [0, 0.05) is 31.6 Å². The molecule has 5 nitrogen and oxygen atoms in total. The fourth-order valence-corrected chi connectivity index (χ4v) is 3.45. The topological polar surface area (TPSA) is 45.7 Å². The van der Waals surface area contributed by atoms with Crippen LogP contribution in [0.15, 0.2) is 23.6 Å². The minimum atomic E-state index is -0.858. The smallest absolute Gasteiger partial charge is 0.256 e. The molecule has 0 aliphatic carbocycles. The van der Waals surface area contributed by atoms with Gasteiger partial charge in [-0.05, 0) is 12.1 Å². The highest BCUT2D eigenvalue weighted by molar-refractivity contribution is 7.09. The van der Waals surface area contributed by atoms with E-state index < -0.39 is 17.5 Å². The first-order chi connectivity index (χ1) is 12.0. The largest absolute Gasteiger partial charge is 0.379 e. The highest BCUT2D eigenvalue weighted by Crippen LogP contribution is 2.17. The summed E-state index contributed by atoms with van der Waals surface area (Å²) in [6.07, 6.45) is 0. The first-order valence-electron chi connectivity index (χ1n) is 7.97. The van der Waals surface area contributed by atoms with E-state index in [9.17, 15) is 13.6 Å². The summed E-state index contributed by atoms with van der Waals surface area (Å²) >= 11 is 1.54. The van der Waals surface area contributed by atoms with Crippen LogP contribution in [0.25, 0.3) is 0 Å². The number of rotatable bonds is 5. The molecular formula is C17H19F2N3O2S. The van der Waals surface area contributed by atoms with Crippen LogP contribution >= 0.6 is 11.3 Å². The van der Waals surface area contributed by atoms with Crippen molar-refractivity contribution >= 4 is 17.2 Å². The molecule has 0 unspecified atom stereocenters. The van der Waals surface area contributed by atoms with Crippen LogP contribution in [0, 0.1) is 11.6 Å². The molecule has 0 atom stereocenters. The Morgan fingerprint density at radius 3 is 2.84 bits per heavy atom. The molecule has 3 rings (SSSR count). The summed E-state index contributed by atoms with van der Waals surface area (Å²) in [5, 5.41) is 2.88. The number of carbonyl (C=O) groups excluding carboxylic acids is 1. The second kappa shape index (κ2) is 7.99. The van der Waals surface area contributed by atoms with Gasteiger partial charge in [0.25, 0.3) is 5.91 Å². The van der Waals surface area contributed by atoms with Gasteiger partial charge in [0.2, 0.25) is 0 Å². The lowest BCUT2D eigenvalue weighted by Gasteiger charge is -2.25. The van der Waals surface area contributed by atoms with Crippen molar-refractivity contribution in [1.82, 2.24) is 14.8 Å². The summed E-state index contributed by atoms with van der Waals surface area (Å²) < 4.78 is 32.0. The van der Waals surface area contributed by atoms with E-state index in [-0.39, 0.29) is 12.1 Å². The van der Waals surface area contributed by atoms with Crippen LogP contribution in [-0.4, -0.2) is 54.0 Å². The van der Waals surface area contributed by atoms with Crippen LogP contribution in [0.5, 0.6) is 0 Å². The van der Waals surface area contributed by atoms with Crippen LogP contribution in [-0.2, 0) is 17.8 Å². The highest BCUT2D eigenvalue weighted by Gasteiger charge is 2.18. The molecule has 1 aromatic heterocycles. The van der Waals surface area contributed by atoms with Gasteiger partial charge in [0.1, 0.15) is 16.6 Å². The van der Waals surface area contributed by atoms with Crippen LogP contribution in [0.4, 0.5) is 8.78 Å². The number of benzene rings is 1. The van der Waals surface area contributed by atoms with E-state index in [0.29, 0.717) is 6.07 Å². The maximum Gasteiger partial charge on any atom is 0.256 e. The maximum absolute atomic E-state index is 13.7. The molecule has 1 saturated heterocycles. The summed E-state index contributed by atoms with van der Waals surface area (Å²) in [4.78, 5) is 20.5. The molecular weight excluding hydrogens is 348 g/mol. The van der Waals surface area contributed by atoms with Gasteiger partial charge in [0.15, 0.2) is 0 Å². The lowest BCUT2D eigenvalue weighted by atomic mass is 10.2. The van der Waals surface area contributed by atoms with E-state index in [2.05, 4.69) is 9.88 Å². The Bertz CT molecular complexity index is 747. The molecule has 134 valence electrons. The number of halogens is 2. The summed E-state index contributed by atoms with van der Waals surface area (Å²) in [5.41, 5.74) is 0.610. The normalized spacial score (nSPS) is 15.3. The van der Waals surface area contributed by atoms with Crippen LogP contribution in [0.3, 0.4) is 0 Å². The predicted octanol–water partition coefficient (Wildman–Crippen LogP) is 2.53. The summed E-state index contributed by atoms with van der Waals surface area (Å²) in [5.74, 6) is -2.06. The van der Waals surface area contributed by atoms with Crippen LogP contribution in [0.1, 0.15) is 21.1 Å². The summed E-state index contributed by atoms with van der Waals surface area (Å²) in [6, 6.07) is 2.95. The monoisotopic (exact) mass is 367 g/mol. The number of thiazole rings is 1. The first-order valence-corrected chi connectivity index (χ1v) is 8.85. The number of hydrogen-bond acceptors (Lipinski definition) is 5. The molecule has 25 heavy (non-hydrogen) atoms. The van der Waals surface area contributed by atoms with E-state index in [1.807, 2.05) is 5.38 Å². The third-order valence-corrected chi connectivity index (χ3v) is 4.85. The molecule has 2 heterocycles. The third kappa shape index (κ3) is 4.59. The number of aromatic nitrogens is 1. The molecule has 1 aromatic carbocycles. The molecule has 2 aromatic rings. The van der Waals surface area contributed by atoms with E-state index in [1.54, 1.807) is 18.4 Å². The number of nitrogens with zero attached hydrogens (tertiary/aromatic N) is 3. The van der Waals surface area contributed by atoms with Crippen molar-refractivity contribution in [3.63, 3.8) is 0 Å². The molecule has 1 fully saturated rings. The average molecular weight is 367 g/mol. The summed E-state index contributed by atoms with van der Waals surface area (Å²) in [7, 11) is 1.58. The van der Waals surface area contributed by atoms with Crippen LogP contribution < -0.4 is 0 Å². The molecule has 1 amide bonds. The lowest BCUT2D eigenvalue weighted by molar-refractivity contribution is 0.0341. The van der Waals surface area contributed by atoms with E-state index in [1.165, 1.54) is 4.90 Å². The SMILES string of the molecule is CN(Cc1csc(CN2CCOCC2)n1)C(=O)c1ccc(F)cc1F. The number of ether oxygens (including phenoxy) is 1. The van der Waals surface area contributed by atoms with Gasteiger partial charge in [-0.15, -0.1) is 11.3 Å². The molecule has 0 N–H and O–H groups in total. The number of carbonyl (C=O) groups is 1. The Kier molecular flexibility index (Phi) is 5.72. The molecule has 1 aliphatic rings. The van der Waals surface area contributed by atoms with Gasteiger partial charge >= 0.3 is 0 Å². The van der Waals surface area contributed by atoms with Gasteiger partial charge in [0.05, 0.1) is 37.6 Å². The second-order valence-corrected chi connectivity index (χ2v) is 6.85. The minimum absolute atomic E-state index is 0.146. The Balaban J connectivity index is 1.60. The van der Waals surface area contributed by atoms with Gasteiger partial charge in [-0.3, -0.25) is 9.69 Å². The van der Waals surface area contributed by atoms with Gasteiger partial charge < -0.3 is 9.64 Å². The van der Waals surface area contributed by atoms with E-state index >= 15 is 0 Å². The average Bonchev–Trinajstić information content (AvgIpc) is 3.02. The Morgan fingerprint density at radius 2 is 2.12 bits per heavy atom. The van der Waals surface area contributed by atoms with Crippen molar-refractivity contribution in [3.8, 4) is 0 Å². The van der Waals surface area contributed by atoms with Crippen molar-refractivity contribution in [2.24, 2.45) is 0 Å². The van der Waals surface area contributed by atoms with Crippen molar-refractivity contribution in [3.05, 3.63) is 51.5 Å². The zero-order valence-corrected chi connectivity index (χ0v) is 14.7. The fraction of sp³-hybridized carbons (Fsp3) is 0.412. The zero-order chi connectivity index (χ0) is 17.8. The molecule has 0 saturated carbocycles. The molecule has 0 spiro atoms. The third-order valence-electron chi connectivity index (χ3n) is 3.97. The Hall–Kier alpha value is -1.90. The van der Waals surface area contributed by atoms with E-state index in [4.69, 9.17) is 4.74 Å². The van der Waals surface area contributed by atoms with Gasteiger partial charge in [-0.2, -0.15) is 0 Å². The standard InChI is InChI=1S/C17H19F2N3O2S/c1-21(17(23)14-3-2-12(18)8-15(14)19)9-13-11-25-16(20-13)10-22-4-6-24-7-5-22/h2-3,8,11H,4-7,9-10H2,1H3. The molecule has 1 aliphatic heterocycles.